The number of carbonyl (C=O) groups excluding carboxylic acids is 2. The highest BCUT2D eigenvalue weighted by Crippen LogP contribution is 1.90. The Morgan fingerprint density at radius 2 is 1.27 bits per heavy atom. The largest absolute Gasteiger partial charge is 0.478 e. The first kappa shape index (κ1) is 29.5. The van der Waals surface area contributed by atoms with Crippen LogP contribution in [0, 0.1) is 0 Å². The number of ether oxygens (including phenoxy) is 4. The van der Waals surface area contributed by atoms with E-state index >= 15 is 0 Å². The lowest BCUT2D eigenvalue weighted by Crippen LogP contribution is -2.69. The van der Waals surface area contributed by atoms with Crippen LogP contribution in [0.3, 0.4) is 0 Å². The monoisotopic (exact) mass is 474 g/mol. The molecule has 184 valence electrons. The number of hydrogen-bond acceptors (Lipinski definition) is 11. The number of rotatable bonds is 20. The van der Waals surface area contributed by atoms with Crippen molar-refractivity contribution in [1.82, 2.24) is 0 Å². The number of carboxylic acids is 2. The van der Waals surface area contributed by atoms with Crippen LogP contribution in [0.2, 0.25) is 0 Å². The highest BCUT2D eigenvalue weighted by atomic mass is 16.7. The van der Waals surface area contributed by atoms with Crippen LogP contribution in [0.1, 0.15) is 12.8 Å². The number of carbonyl (C=O) groups is 4. The first-order valence-corrected chi connectivity index (χ1v) is 9.80. The van der Waals surface area contributed by atoms with Crippen molar-refractivity contribution >= 4 is 30.3 Å². The van der Waals surface area contributed by atoms with E-state index in [0.717, 1.165) is 18.6 Å². The van der Waals surface area contributed by atoms with Gasteiger partial charge < -0.3 is 29.2 Å². The third-order valence-electron chi connectivity index (χ3n) is 3.07. The first-order valence-electron chi connectivity index (χ1n) is 9.80. The van der Waals surface area contributed by atoms with E-state index in [-0.39, 0.29) is 6.54 Å². The average Bonchev–Trinajstić information content (AvgIpc) is 2.77. The maximum atomic E-state index is 11.0. The molecule has 33 heavy (non-hydrogen) atoms. The fraction of sp³-hybridized carbons (Fsp3) is 0.526. The van der Waals surface area contributed by atoms with Crippen LogP contribution < -0.4 is 4.99 Å². The number of aliphatic carboxylic acids is 2. The van der Waals surface area contributed by atoms with E-state index in [4.69, 9.17) is 24.4 Å². The Labute approximate surface area is 189 Å². The summed E-state index contributed by atoms with van der Waals surface area (Å²) in [7, 11) is 0. The highest BCUT2D eigenvalue weighted by Gasteiger charge is 1.99. The molecule has 14 heteroatoms. The van der Waals surface area contributed by atoms with E-state index in [0.29, 0.717) is 71.2 Å². The van der Waals surface area contributed by atoms with E-state index < -0.39 is 23.9 Å². The van der Waals surface area contributed by atoms with Gasteiger partial charge in [0.15, 0.2) is 0 Å². The molecule has 0 fully saturated rings. The van der Waals surface area contributed by atoms with E-state index in [1.165, 1.54) is 0 Å². The van der Waals surface area contributed by atoms with Crippen molar-refractivity contribution in [3.63, 3.8) is 0 Å². The molecule has 0 bridgehead atoms. The van der Waals surface area contributed by atoms with Gasteiger partial charge in [0.1, 0.15) is 6.54 Å². The third-order valence-corrected chi connectivity index (χ3v) is 3.07. The molecule has 14 nitrogen and oxygen atoms in total. The lowest BCUT2D eigenvalue weighted by molar-refractivity contribution is -0.460. The Bertz CT molecular complexity index is 647. The van der Waals surface area contributed by atoms with Crippen molar-refractivity contribution in [1.29, 1.82) is 0 Å². The second-order valence-corrected chi connectivity index (χ2v) is 5.75. The molecule has 0 saturated carbocycles. The minimum absolute atomic E-state index is 0.279. The molecule has 0 amide bonds. The van der Waals surface area contributed by atoms with Gasteiger partial charge in [0.25, 0.3) is 0 Å². The summed E-state index contributed by atoms with van der Waals surface area (Å²) in [6.45, 7) is 3.30. The zero-order valence-electron chi connectivity index (χ0n) is 17.9. The van der Waals surface area contributed by atoms with E-state index in [2.05, 4.69) is 25.0 Å². The number of nitrogens with one attached hydrogen (secondary N) is 1. The zero-order valence-corrected chi connectivity index (χ0v) is 17.9. The summed E-state index contributed by atoms with van der Waals surface area (Å²) in [6, 6.07) is 0. The predicted octanol–water partition coefficient (Wildman–Crippen LogP) is -1.34. The molecule has 0 spiro atoms. The second-order valence-electron chi connectivity index (χ2n) is 5.75. The van der Waals surface area contributed by atoms with Gasteiger partial charge in [-0.2, -0.15) is 5.11 Å². The summed E-state index contributed by atoms with van der Waals surface area (Å²) in [6.07, 6.45) is 5.14. The van der Waals surface area contributed by atoms with Crippen LogP contribution in [0.15, 0.2) is 34.7 Å². The minimum Gasteiger partial charge on any atom is -0.478 e. The summed E-state index contributed by atoms with van der Waals surface area (Å²) >= 11 is 0. The van der Waals surface area contributed by atoms with Crippen LogP contribution in [-0.2, 0) is 43.0 Å². The summed E-state index contributed by atoms with van der Waals surface area (Å²) in [5.74, 6) is -4.22. The number of hydrogen-bond donors (Lipinski definition) is 3. The van der Waals surface area contributed by atoms with Crippen LogP contribution in [-0.4, -0.2) is 93.2 Å². The van der Waals surface area contributed by atoms with Crippen LogP contribution >= 0.6 is 0 Å². The van der Waals surface area contributed by atoms with Gasteiger partial charge in [0.05, 0.1) is 39.6 Å². The second kappa shape index (κ2) is 21.7. The van der Waals surface area contributed by atoms with E-state index in [9.17, 15) is 19.2 Å². The standard InChI is InChI=1S/C19H27N3O11/c23-16(24)3-5-18(27)32-15-20-7-1-9-29-11-13-31-14-12-30-10-2-8-21-22-33-19(28)6-4-17(25)26/h3-6,15H,1-2,7-14H2,(H,23,24)(H,25,26)/p+1/b5-3-,6-4-,20-15?,22-21?. The third kappa shape index (κ3) is 24.7. The lowest BCUT2D eigenvalue weighted by Gasteiger charge is -2.05. The van der Waals surface area contributed by atoms with Gasteiger partial charge in [-0.05, 0) is 6.42 Å². The molecule has 0 aliphatic carbocycles. The van der Waals surface area contributed by atoms with E-state index in [1.54, 1.807) is 0 Å². The van der Waals surface area contributed by atoms with Gasteiger partial charge in [0, 0.05) is 42.6 Å². The molecule has 0 unspecified atom stereocenters. The normalized spacial score (nSPS) is 11.6. The molecular formula is C19H28N3O11+. The fourth-order valence-corrected chi connectivity index (χ4v) is 1.67. The molecule has 0 atom stereocenters. The van der Waals surface area contributed by atoms with Crippen molar-refractivity contribution in [2.75, 3.05) is 52.7 Å². The molecule has 0 aromatic rings. The summed E-state index contributed by atoms with van der Waals surface area (Å²) in [4.78, 5) is 49.4. The predicted molar refractivity (Wildman–Crippen MR) is 109 cm³/mol. The fourth-order valence-electron chi connectivity index (χ4n) is 1.67. The lowest BCUT2D eigenvalue weighted by atomic mass is 10.5. The quantitative estimate of drug-likeness (QED) is 0.0359. The number of nitrogens with zero attached hydrogens (tertiary/aromatic N) is 2. The molecule has 3 N–H and O–H groups in total. The minimum atomic E-state index is -1.27. The van der Waals surface area contributed by atoms with Gasteiger partial charge in [-0.3, -0.25) is 4.84 Å². The topological polar surface area (TPSA) is 194 Å². The summed E-state index contributed by atoms with van der Waals surface area (Å²) in [5.41, 5.74) is 0. The van der Waals surface area contributed by atoms with Crippen molar-refractivity contribution in [3.05, 3.63) is 24.3 Å². The van der Waals surface area contributed by atoms with Crippen LogP contribution in [0.4, 0.5) is 0 Å². The maximum absolute atomic E-state index is 11.0. The van der Waals surface area contributed by atoms with Gasteiger partial charge in [-0.1, -0.05) is 0 Å². The van der Waals surface area contributed by atoms with Crippen molar-refractivity contribution in [2.24, 2.45) is 10.4 Å². The summed E-state index contributed by atoms with van der Waals surface area (Å²) in [5, 5.41) is 23.4. The number of carboxylic acid groups (broad SMARTS) is 2. The van der Waals surface area contributed by atoms with Crippen LogP contribution in [0.5, 0.6) is 0 Å². The Balaban J connectivity index is 3.36. The Kier molecular flexibility index (Phi) is 19.4. The van der Waals surface area contributed by atoms with Crippen molar-refractivity contribution < 1.29 is 58.2 Å². The molecule has 0 heterocycles. The molecule has 0 aliphatic heterocycles. The zero-order chi connectivity index (χ0) is 24.6. The van der Waals surface area contributed by atoms with Crippen molar-refractivity contribution in [2.45, 2.75) is 12.8 Å². The molecule has 0 aliphatic rings. The van der Waals surface area contributed by atoms with Crippen LogP contribution in [0.25, 0.3) is 0 Å². The molecular weight excluding hydrogens is 446 g/mol. The van der Waals surface area contributed by atoms with Gasteiger partial charge >= 0.3 is 30.3 Å². The highest BCUT2D eigenvalue weighted by molar-refractivity contribution is 5.93. The van der Waals surface area contributed by atoms with Gasteiger partial charge in [-0.25, -0.2) is 24.2 Å². The average molecular weight is 474 g/mol. The summed E-state index contributed by atoms with van der Waals surface area (Å²) < 4.78 is 20.6. The Hall–Kier alpha value is -3.49. The molecule has 0 saturated heterocycles. The van der Waals surface area contributed by atoms with Gasteiger partial charge in [0.2, 0.25) is 0 Å². The smallest absolute Gasteiger partial charge is 0.360 e. The van der Waals surface area contributed by atoms with Crippen molar-refractivity contribution in [3.8, 4) is 0 Å². The Morgan fingerprint density at radius 3 is 1.88 bits per heavy atom. The first-order chi connectivity index (χ1) is 15.9. The molecule has 0 aromatic carbocycles. The molecule has 0 rings (SSSR count). The SMILES string of the molecule is O=C(O)/C=C\C(=O)OC=[NH+]CCCOCCOCCOCCCN=NOC(=O)/C=C\C(=O)O. The molecule has 0 radical (unpaired) electrons. The Morgan fingerprint density at radius 1 is 0.727 bits per heavy atom. The maximum Gasteiger partial charge on any atom is 0.360 e. The number of esters is 1. The molecule has 0 aromatic heterocycles. The van der Waals surface area contributed by atoms with E-state index in [1.807, 2.05) is 0 Å². The van der Waals surface area contributed by atoms with Gasteiger partial charge in [-0.15, -0.1) is 0 Å².